The molecule has 0 aromatic carbocycles. The maximum atomic E-state index is 11.1. The van der Waals surface area contributed by atoms with E-state index >= 15 is 0 Å². The summed E-state index contributed by atoms with van der Waals surface area (Å²) >= 11 is 1.58. The number of anilines is 1. The van der Waals surface area contributed by atoms with Crippen LogP contribution >= 0.6 is 11.3 Å². The fraction of sp³-hybridized carbons (Fsp3) is 0.733. The number of carbonyl (C=O) groups is 1. The monoisotopic (exact) mass is 276 g/mol. The van der Waals surface area contributed by atoms with Crippen molar-refractivity contribution in [3.8, 4) is 0 Å². The van der Waals surface area contributed by atoms with Crippen LogP contribution in [0, 0.1) is 17.8 Å². The molecule has 1 amide bonds. The van der Waals surface area contributed by atoms with Gasteiger partial charge in [-0.3, -0.25) is 4.79 Å². The first-order valence-electron chi connectivity index (χ1n) is 7.36. The molecule has 1 N–H and O–H groups in total. The van der Waals surface area contributed by atoms with Gasteiger partial charge in [0.15, 0.2) is 5.13 Å². The number of nitrogens with zero attached hydrogens (tertiary/aromatic N) is 1. The molecule has 19 heavy (non-hydrogen) atoms. The highest BCUT2D eigenvalue weighted by Crippen LogP contribution is 2.60. The molecule has 4 aliphatic rings. The Labute approximate surface area is 117 Å². The maximum absolute atomic E-state index is 11.1. The molecule has 4 aliphatic carbocycles. The Bertz CT molecular complexity index is 487. The topological polar surface area (TPSA) is 42.0 Å². The van der Waals surface area contributed by atoms with E-state index in [0.29, 0.717) is 5.41 Å². The van der Waals surface area contributed by atoms with Crippen LogP contribution in [0.3, 0.4) is 0 Å². The first-order chi connectivity index (χ1) is 9.13. The van der Waals surface area contributed by atoms with Gasteiger partial charge in [0.05, 0.1) is 5.69 Å². The highest BCUT2D eigenvalue weighted by molar-refractivity contribution is 7.13. The fourth-order valence-electron chi connectivity index (χ4n) is 5.15. The summed E-state index contributed by atoms with van der Waals surface area (Å²) in [6.07, 6.45) is 8.39. The van der Waals surface area contributed by atoms with Crippen LogP contribution < -0.4 is 5.32 Å². The smallest absolute Gasteiger partial charge is 0.223 e. The zero-order valence-electron chi connectivity index (χ0n) is 11.3. The number of carbonyl (C=O) groups excluding carboxylic acids is 1. The van der Waals surface area contributed by atoms with Crippen molar-refractivity contribution < 1.29 is 4.79 Å². The predicted octanol–water partition coefficient (Wildman–Crippen LogP) is 3.57. The van der Waals surface area contributed by atoms with Crippen molar-refractivity contribution in [2.45, 2.75) is 50.9 Å². The van der Waals surface area contributed by atoms with Crippen molar-refractivity contribution in [1.82, 2.24) is 4.98 Å². The van der Waals surface area contributed by atoms with Crippen molar-refractivity contribution in [2.24, 2.45) is 17.8 Å². The summed E-state index contributed by atoms with van der Waals surface area (Å²) in [7, 11) is 0. The first kappa shape index (κ1) is 11.9. The molecule has 102 valence electrons. The van der Waals surface area contributed by atoms with Gasteiger partial charge in [-0.2, -0.15) is 0 Å². The Morgan fingerprint density at radius 1 is 1.26 bits per heavy atom. The molecule has 0 atom stereocenters. The number of aromatic nitrogens is 1. The molecule has 0 aliphatic heterocycles. The minimum atomic E-state index is -0.0218. The van der Waals surface area contributed by atoms with E-state index in [9.17, 15) is 4.79 Å². The average Bonchev–Trinajstić information content (AvgIpc) is 2.75. The quantitative estimate of drug-likeness (QED) is 0.897. The predicted molar refractivity (Wildman–Crippen MR) is 76.3 cm³/mol. The van der Waals surface area contributed by atoms with E-state index < -0.39 is 0 Å². The van der Waals surface area contributed by atoms with Gasteiger partial charge in [0.25, 0.3) is 0 Å². The van der Waals surface area contributed by atoms with Crippen molar-refractivity contribution in [3.63, 3.8) is 0 Å². The molecule has 4 bridgehead atoms. The van der Waals surface area contributed by atoms with Gasteiger partial charge in [-0.1, -0.05) is 0 Å². The molecule has 5 rings (SSSR count). The molecule has 1 heterocycles. The Hall–Kier alpha value is -0.900. The normalized spacial score (nSPS) is 39.5. The van der Waals surface area contributed by atoms with Crippen LogP contribution in [0.2, 0.25) is 0 Å². The van der Waals surface area contributed by atoms with Crippen LogP contribution in [0.1, 0.15) is 51.1 Å². The summed E-state index contributed by atoms with van der Waals surface area (Å²) in [6.45, 7) is 1.55. The van der Waals surface area contributed by atoms with Crippen molar-refractivity contribution in [2.75, 3.05) is 5.32 Å². The largest absolute Gasteiger partial charge is 0.302 e. The number of amides is 1. The standard InChI is InChI=1S/C15H20N2OS/c1-9(18)16-14-17-13(8-19-14)15-5-10-2-11(6-15)4-12(3-10)7-15/h8,10-12H,2-7H2,1H3,(H,16,17,18). The molecule has 4 saturated carbocycles. The van der Waals surface area contributed by atoms with Crippen LogP contribution in [-0.2, 0) is 10.2 Å². The minimum absolute atomic E-state index is 0.0218. The Balaban J connectivity index is 1.64. The highest BCUT2D eigenvalue weighted by atomic mass is 32.1. The van der Waals surface area contributed by atoms with Gasteiger partial charge in [0.1, 0.15) is 0 Å². The summed E-state index contributed by atoms with van der Waals surface area (Å²) < 4.78 is 0. The van der Waals surface area contributed by atoms with Crippen molar-refractivity contribution in [3.05, 3.63) is 11.1 Å². The lowest BCUT2D eigenvalue weighted by Crippen LogP contribution is -2.48. The lowest BCUT2D eigenvalue weighted by molar-refractivity contribution is -0.114. The SMILES string of the molecule is CC(=O)Nc1nc(C23CC4CC(CC(C4)C2)C3)cs1. The van der Waals surface area contributed by atoms with Crippen LogP contribution in [0.15, 0.2) is 5.38 Å². The maximum Gasteiger partial charge on any atom is 0.223 e. The minimum Gasteiger partial charge on any atom is -0.302 e. The zero-order chi connectivity index (χ0) is 13.0. The third-order valence-electron chi connectivity index (χ3n) is 5.37. The molecule has 0 saturated heterocycles. The molecule has 4 fully saturated rings. The fourth-order valence-corrected chi connectivity index (χ4v) is 6.03. The summed E-state index contributed by atoms with van der Waals surface area (Å²) in [5.41, 5.74) is 1.61. The second kappa shape index (κ2) is 4.05. The zero-order valence-corrected chi connectivity index (χ0v) is 12.1. The first-order valence-corrected chi connectivity index (χ1v) is 8.24. The van der Waals surface area contributed by atoms with Gasteiger partial charge >= 0.3 is 0 Å². The lowest BCUT2D eigenvalue weighted by atomic mass is 9.49. The van der Waals surface area contributed by atoms with E-state index in [2.05, 4.69) is 10.7 Å². The van der Waals surface area contributed by atoms with Gasteiger partial charge in [-0.25, -0.2) is 4.98 Å². The van der Waals surface area contributed by atoms with Crippen molar-refractivity contribution in [1.29, 1.82) is 0 Å². The number of hydrogen-bond donors (Lipinski definition) is 1. The molecule has 4 heteroatoms. The third-order valence-corrected chi connectivity index (χ3v) is 6.13. The number of rotatable bonds is 2. The van der Waals surface area contributed by atoms with Gasteiger partial charge in [0, 0.05) is 17.7 Å². The van der Waals surface area contributed by atoms with E-state index in [1.165, 1.54) is 44.2 Å². The van der Waals surface area contributed by atoms with Crippen molar-refractivity contribution >= 4 is 22.4 Å². The summed E-state index contributed by atoms with van der Waals surface area (Å²) in [5, 5.41) is 5.79. The van der Waals surface area contributed by atoms with E-state index in [1.54, 1.807) is 18.3 Å². The number of nitrogens with one attached hydrogen (secondary N) is 1. The van der Waals surface area contributed by atoms with Crippen LogP contribution in [0.25, 0.3) is 0 Å². The molecule has 1 aromatic heterocycles. The highest BCUT2D eigenvalue weighted by Gasteiger charge is 2.52. The number of thiazole rings is 1. The molecule has 0 spiro atoms. The van der Waals surface area contributed by atoms with Gasteiger partial charge in [-0.05, 0) is 56.3 Å². The summed E-state index contributed by atoms with van der Waals surface area (Å²) in [5.74, 6) is 2.80. The van der Waals surface area contributed by atoms with Crippen LogP contribution in [0.5, 0.6) is 0 Å². The Morgan fingerprint density at radius 2 is 1.84 bits per heavy atom. The van der Waals surface area contributed by atoms with E-state index in [4.69, 9.17) is 4.98 Å². The molecular formula is C15H20N2OS. The summed E-state index contributed by atoms with van der Waals surface area (Å²) in [6, 6.07) is 0. The van der Waals surface area contributed by atoms with Gasteiger partial charge in [0.2, 0.25) is 5.91 Å². The molecular weight excluding hydrogens is 256 g/mol. The second-order valence-electron chi connectivity index (χ2n) is 6.92. The third kappa shape index (κ3) is 1.92. The van der Waals surface area contributed by atoms with E-state index in [-0.39, 0.29) is 5.91 Å². The Kier molecular flexibility index (Phi) is 2.53. The van der Waals surface area contributed by atoms with Crippen LogP contribution in [-0.4, -0.2) is 10.9 Å². The van der Waals surface area contributed by atoms with Crippen LogP contribution in [0.4, 0.5) is 5.13 Å². The van der Waals surface area contributed by atoms with E-state index in [1.807, 2.05) is 0 Å². The molecule has 0 radical (unpaired) electrons. The Morgan fingerprint density at radius 3 is 2.37 bits per heavy atom. The van der Waals surface area contributed by atoms with Gasteiger partial charge in [-0.15, -0.1) is 11.3 Å². The second-order valence-corrected chi connectivity index (χ2v) is 7.78. The molecule has 0 unspecified atom stereocenters. The summed E-state index contributed by atoms with van der Waals surface area (Å²) in [4.78, 5) is 15.9. The number of hydrogen-bond acceptors (Lipinski definition) is 3. The van der Waals surface area contributed by atoms with E-state index in [0.717, 1.165) is 22.9 Å². The lowest BCUT2D eigenvalue weighted by Gasteiger charge is -2.56. The molecule has 1 aromatic rings. The average molecular weight is 276 g/mol. The van der Waals surface area contributed by atoms with Gasteiger partial charge < -0.3 is 5.32 Å². The molecule has 3 nitrogen and oxygen atoms in total.